The molecule has 0 spiro atoms. The number of rotatable bonds is 7. The van der Waals surface area contributed by atoms with Crippen LogP contribution < -0.4 is 10.3 Å². The van der Waals surface area contributed by atoms with Crippen molar-refractivity contribution < 1.29 is 9.53 Å². The number of hydrogen-bond donors (Lipinski definition) is 0. The lowest BCUT2D eigenvalue weighted by Gasteiger charge is -2.35. The molecule has 0 N–H and O–H groups in total. The molecule has 2 aliphatic rings. The van der Waals surface area contributed by atoms with Crippen molar-refractivity contribution in [2.75, 3.05) is 24.7 Å². The summed E-state index contributed by atoms with van der Waals surface area (Å²) in [4.78, 5) is 33.9. The first-order chi connectivity index (χ1) is 15.1. The number of aryl methyl sites for hydroxylation is 1. The van der Waals surface area contributed by atoms with Gasteiger partial charge in [-0.3, -0.25) is 14.2 Å². The highest BCUT2D eigenvalue weighted by molar-refractivity contribution is 8.00. The smallest absolute Gasteiger partial charge is 0.272 e. The van der Waals surface area contributed by atoms with E-state index in [4.69, 9.17) is 9.72 Å². The summed E-state index contributed by atoms with van der Waals surface area (Å²) < 4.78 is 7.19. The van der Waals surface area contributed by atoms with Gasteiger partial charge in [-0.1, -0.05) is 18.7 Å². The van der Waals surface area contributed by atoms with Crippen molar-refractivity contribution in [3.63, 3.8) is 0 Å². The summed E-state index contributed by atoms with van der Waals surface area (Å²) >= 11 is 2.94. The van der Waals surface area contributed by atoms with Gasteiger partial charge in [-0.15, -0.1) is 11.8 Å². The Morgan fingerprint density at radius 2 is 2.06 bits per heavy atom. The summed E-state index contributed by atoms with van der Waals surface area (Å²) in [5.74, 6) is 2.08. The normalized spacial score (nSPS) is 18.1. The van der Waals surface area contributed by atoms with Crippen LogP contribution in [0.3, 0.4) is 0 Å². The minimum absolute atomic E-state index is 0.0454. The van der Waals surface area contributed by atoms with Gasteiger partial charge in [-0.2, -0.15) is 0 Å². The fraction of sp³-hybridized carbons (Fsp3) is 0.522. The first-order valence-corrected chi connectivity index (χ1v) is 13.0. The Kier molecular flexibility index (Phi) is 7.27. The number of ether oxygens (including phenoxy) is 1. The van der Waals surface area contributed by atoms with Gasteiger partial charge in [0, 0.05) is 24.8 Å². The number of likely N-dealkylation sites (tertiary alicyclic amines) is 1. The minimum atomic E-state index is -0.0454. The van der Waals surface area contributed by atoms with Crippen LogP contribution in [0, 0.1) is 0 Å². The predicted molar refractivity (Wildman–Crippen MR) is 126 cm³/mol. The van der Waals surface area contributed by atoms with E-state index in [2.05, 4.69) is 6.92 Å². The molecule has 4 rings (SSSR count). The number of benzene rings is 1. The average Bonchev–Trinajstić information content (AvgIpc) is 3.27. The molecule has 0 saturated carbocycles. The van der Waals surface area contributed by atoms with Crippen LogP contribution in [0.15, 0.2) is 39.1 Å². The third-order valence-electron chi connectivity index (χ3n) is 5.82. The van der Waals surface area contributed by atoms with Crippen molar-refractivity contribution >= 4 is 29.4 Å². The third kappa shape index (κ3) is 4.80. The Morgan fingerprint density at radius 1 is 1.26 bits per heavy atom. The zero-order valence-electron chi connectivity index (χ0n) is 18.1. The highest BCUT2D eigenvalue weighted by atomic mass is 32.2. The number of piperidine rings is 1. The molecule has 0 aliphatic carbocycles. The number of thioether (sulfide) groups is 2. The monoisotopic (exact) mass is 459 g/mol. The maximum Gasteiger partial charge on any atom is 0.272 e. The molecule has 1 amide bonds. The lowest BCUT2D eigenvalue weighted by molar-refractivity contribution is -0.132. The fourth-order valence-electron chi connectivity index (χ4n) is 4.24. The Hall–Kier alpha value is -1.93. The quantitative estimate of drug-likeness (QED) is 0.458. The van der Waals surface area contributed by atoms with Gasteiger partial charge in [0.05, 0.1) is 28.6 Å². The van der Waals surface area contributed by atoms with Gasteiger partial charge in [0.15, 0.2) is 5.16 Å². The van der Waals surface area contributed by atoms with E-state index >= 15 is 0 Å². The van der Waals surface area contributed by atoms with E-state index < -0.39 is 0 Å². The molecular weight excluding hydrogens is 430 g/mol. The Morgan fingerprint density at radius 3 is 2.81 bits per heavy atom. The number of hydrogen-bond acceptors (Lipinski definition) is 6. The van der Waals surface area contributed by atoms with Crippen molar-refractivity contribution in [2.45, 2.75) is 62.0 Å². The summed E-state index contributed by atoms with van der Waals surface area (Å²) in [6.45, 7) is 5.51. The first kappa shape index (κ1) is 22.3. The number of fused-ring (bicyclic) bond motifs is 1. The van der Waals surface area contributed by atoms with Gasteiger partial charge in [0.2, 0.25) is 5.91 Å². The SMILES string of the molecule is CCOc1ccc(-n2c(SCC(=O)N3CCCC[C@@H]3CC)nc3c(c2=O)SCC3)cc1. The Balaban J connectivity index is 1.61. The number of carbonyl (C=O) groups excluding carboxylic acids is 1. The zero-order chi connectivity index (χ0) is 21.8. The van der Waals surface area contributed by atoms with E-state index in [0.717, 1.165) is 60.0 Å². The van der Waals surface area contributed by atoms with E-state index in [9.17, 15) is 9.59 Å². The van der Waals surface area contributed by atoms with Gasteiger partial charge >= 0.3 is 0 Å². The van der Waals surface area contributed by atoms with Gasteiger partial charge in [-0.05, 0) is 56.9 Å². The summed E-state index contributed by atoms with van der Waals surface area (Å²) in [7, 11) is 0. The molecule has 31 heavy (non-hydrogen) atoms. The summed E-state index contributed by atoms with van der Waals surface area (Å²) in [6.07, 6.45) is 5.12. The van der Waals surface area contributed by atoms with Crippen LogP contribution in [-0.2, 0) is 11.2 Å². The topological polar surface area (TPSA) is 64.4 Å². The molecule has 166 valence electrons. The van der Waals surface area contributed by atoms with Crippen LogP contribution in [0.25, 0.3) is 5.69 Å². The predicted octanol–water partition coefficient (Wildman–Crippen LogP) is 4.16. The van der Waals surface area contributed by atoms with Crippen molar-refractivity contribution in [1.29, 1.82) is 0 Å². The third-order valence-corrected chi connectivity index (χ3v) is 7.85. The van der Waals surface area contributed by atoms with Crippen LogP contribution in [0.4, 0.5) is 0 Å². The van der Waals surface area contributed by atoms with E-state index in [1.807, 2.05) is 36.1 Å². The van der Waals surface area contributed by atoms with E-state index in [-0.39, 0.29) is 11.5 Å². The number of aromatic nitrogens is 2. The molecule has 0 radical (unpaired) electrons. The highest BCUT2D eigenvalue weighted by Crippen LogP contribution is 2.31. The van der Waals surface area contributed by atoms with E-state index in [1.165, 1.54) is 18.2 Å². The molecule has 3 heterocycles. The zero-order valence-corrected chi connectivity index (χ0v) is 19.8. The van der Waals surface area contributed by atoms with E-state index in [1.54, 1.807) is 16.3 Å². The molecule has 1 fully saturated rings. The standard InChI is InChI=1S/C23H29N3O3S2/c1-3-16-7-5-6-13-25(16)20(27)15-31-23-24-19-12-14-30-21(19)22(28)26(23)17-8-10-18(11-9-17)29-4-2/h8-11,16H,3-7,12-15H2,1-2H3/t16-/m0/s1. The summed E-state index contributed by atoms with van der Waals surface area (Å²) in [5, 5.41) is 0.591. The molecule has 2 aromatic rings. The van der Waals surface area contributed by atoms with Gasteiger partial charge in [0.1, 0.15) is 5.75 Å². The van der Waals surface area contributed by atoms with Crippen molar-refractivity contribution in [3.8, 4) is 11.4 Å². The van der Waals surface area contributed by atoms with Crippen LogP contribution in [0.5, 0.6) is 5.75 Å². The summed E-state index contributed by atoms with van der Waals surface area (Å²) in [5.41, 5.74) is 1.56. The molecule has 1 saturated heterocycles. The van der Waals surface area contributed by atoms with Crippen LogP contribution in [-0.4, -0.2) is 51.1 Å². The Labute approximate surface area is 191 Å². The minimum Gasteiger partial charge on any atom is -0.494 e. The van der Waals surface area contributed by atoms with E-state index in [0.29, 0.717) is 23.6 Å². The average molecular weight is 460 g/mol. The maximum absolute atomic E-state index is 13.3. The highest BCUT2D eigenvalue weighted by Gasteiger charge is 2.27. The molecule has 0 bridgehead atoms. The number of nitrogens with zero attached hydrogens (tertiary/aromatic N) is 3. The second kappa shape index (κ2) is 10.1. The van der Waals surface area contributed by atoms with Crippen molar-refractivity contribution in [1.82, 2.24) is 14.5 Å². The molecule has 6 nitrogen and oxygen atoms in total. The lowest BCUT2D eigenvalue weighted by atomic mass is 10.0. The van der Waals surface area contributed by atoms with Gasteiger partial charge in [0.25, 0.3) is 5.56 Å². The van der Waals surface area contributed by atoms with Crippen LogP contribution >= 0.6 is 23.5 Å². The fourth-order valence-corrected chi connectivity index (χ4v) is 6.18. The lowest BCUT2D eigenvalue weighted by Crippen LogP contribution is -2.44. The molecule has 8 heteroatoms. The van der Waals surface area contributed by atoms with Crippen molar-refractivity contribution in [3.05, 3.63) is 40.3 Å². The van der Waals surface area contributed by atoms with Gasteiger partial charge in [-0.25, -0.2) is 4.98 Å². The first-order valence-electron chi connectivity index (χ1n) is 11.1. The molecular formula is C23H29N3O3S2. The summed E-state index contributed by atoms with van der Waals surface area (Å²) in [6, 6.07) is 7.82. The Bertz CT molecular complexity index is 991. The van der Waals surface area contributed by atoms with Crippen LogP contribution in [0.1, 0.15) is 45.2 Å². The van der Waals surface area contributed by atoms with Crippen LogP contribution in [0.2, 0.25) is 0 Å². The molecule has 0 unspecified atom stereocenters. The maximum atomic E-state index is 13.3. The second-order valence-corrected chi connectivity index (χ2v) is 9.82. The second-order valence-electron chi connectivity index (χ2n) is 7.77. The van der Waals surface area contributed by atoms with Gasteiger partial charge < -0.3 is 9.64 Å². The molecule has 1 aromatic carbocycles. The number of carbonyl (C=O) groups is 1. The molecule has 1 aromatic heterocycles. The molecule has 2 aliphatic heterocycles. The number of amides is 1. The molecule has 1 atom stereocenters. The largest absolute Gasteiger partial charge is 0.494 e. The van der Waals surface area contributed by atoms with Crippen molar-refractivity contribution in [2.24, 2.45) is 0 Å².